The van der Waals surface area contributed by atoms with E-state index in [4.69, 9.17) is 4.74 Å². The van der Waals surface area contributed by atoms with Crippen LogP contribution in [-0.2, 0) is 11.3 Å². The van der Waals surface area contributed by atoms with E-state index < -0.39 is 28.7 Å². The zero-order chi connectivity index (χ0) is 23.3. The number of carbonyl (C=O) groups excluding carboxylic acids is 1. The van der Waals surface area contributed by atoms with E-state index >= 15 is 0 Å². The van der Waals surface area contributed by atoms with Crippen LogP contribution in [0.2, 0.25) is 0 Å². The van der Waals surface area contributed by atoms with Crippen molar-refractivity contribution in [3.05, 3.63) is 91.5 Å². The van der Waals surface area contributed by atoms with Crippen LogP contribution in [0.25, 0.3) is 5.69 Å². The van der Waals surface area contributed by atoms with Gasteiger partial charge in [-0.25, -0.2) is 9.18 Å². The lowest BCUT2D eigenvalue weighted by molar-refractivity contribution is 0.0938. The van der Waals surface area contributed by atoms with E-state index in [-0.39, 0.29) is 18.7 Å². The minimum atomic E-state index is -0.887. The van der Waals surface area contributed by atoms with Gasteiger partial charge in [-0.1, -0.05) is 24.3 Å². The fourth-order valence-corrected chi connectivity index (χ4v) is 3.12. The fraction of sp³-hybridized carbons (Fsp3) is 0.304. The van der Waals surface area contributed by atoms with E-state index in [1.807, 2.05) is 19.9 Å². The first-order chi connectivity index (χ1) is 15.3. The van der Waals surface area contributed by atoms with Crippen LogP contribution in [0, 0.1) is 19.7 Å². The van der Waals surface area contributed by atoms with Crippen molar-refractivity contribution < 1.29 is 13.9 Å². The molecule has 1 N–H and O–H groups in total. The number of amides is 1. The highest BCUT2D eigenvalue weighted by Crippen LogP contribution is 2.12. The van der Waals surface area contributed by atoms with E-state index in [0.717, 1.165) is 20.4 Å². The fourth-order valence-electron chi connectivity index (χ4n) is 3.12. The largest absolute Gasteiger partial charge is 0.385 e. The molecule has 0 aliphatic heterocycles. The number of halogens is 1. The summed E-state index contributed by atoms with van der Waals surface area (Å²) in [5.41, 5.74) is 0.368. The molecule has 0 fully saturated rings. The van der Waals surface area contributed by atoms with Crippen molar-refractivity contribution >= 4 is 5.91 Å². The Morgan fingerprint density at radius 2 is 1.88 bits per heavy atom. The zero-order valence-corrected chi connectivity index (χ0v) is 18.2. The Labute approximate surface area is 184 Å². The molecule has 0 atom stereocenters. The summed E-state index contributed by atoms with van der Waals surface area (Å²) in [6.07, 6.45) is 0.544. The molecule has 0 unspecified atom stereocenters. The van der Waals surface area contributed by atoms with E-state index in [1.54, 1.807) is 25.3 Å². The standard InChI is InChI=1S/C23H25FN4O4/c1-15-9-10-18(13-16(15)2)28-23(31)27(14-17-7-4-5-8-19(17)24)22(30)20(26-28)21(29)25-11-6-12-32-3/h4-5,7-10,13H,6,11-12,14H2,1-3H3,(H,25,29). The molecule has 3 rings (SSSR count). The third-order valence-electron chi connectivity index (χ3n) is 5.11. The van der Waals surface area contributed by atoms with Gasteiger partial charge in [0.15, 0.2) is 0 Å². The van der Waals surface area contributed by atoms with Crippen molar-refractivity contribution in [1.29, 1.82) is 0 Å². The van der Waals surface area contributed by atoms with Crippen LogP contribution < -0.4 is 16.6 Å². The molecule has 0 saturated heterocycles. The minimum Gasteiger partial charge on any atom is -0.385 e. The van der Waals surface area contributed by atoms with Gasteiger partial charge >= 0.3 is 5.69 Å². The lowest BCUT2D eigenvalue weighted by Gasteiger charge is -2.13. The summed E-state index contributed by atoms with van der Waals surface area (Å²) in [5.74, 6) is -1.27. The molecule has 0 aliphatic rings. The van der Waals surface area contributed by atoms with Gasteiger partial charge < -0.3 is 10.1 Å². The Balaban J connectivity index is 2.13. The average molecular weight is 440 g/mol. The van der Waals surface area contributed by atoms with Crippen LogP contribution in [-0.4, -0.2) is 40.5 Å². The van der Waals surface area contributed by atoms with Gasteiger partial charge in [-0.3, -0.25) is 14.2 Å². The number of aromatic nitrogens is 3. The number of aryl methyl sites for hydroxylation is 2. The molecule has 1 aromatic heterocycles. The van der Waals surface area contributed by atoms with E-state index in [9.17, 15) is 18.8 Å². The summed E-state index contributed by atoms with van der Waals surface area (Å²) in [5, 5.41) is 6.68. The first-order valence-electron chi connectivity index (χ1n) is 10.2. The number of carbonyl (C=O) groups is 1. The normalized spacial score (nSPS) is 10.9. The third-order valence-corrected chi connectivity index (χ3v) is 5.11. The number of methoxy groups -OCH3 is 1. The molecule has 9 heteroatoms. The first kappa shape index (κ1) is 23.1. The summed E-state index contributed by atoms with van der Waals surface area (Å²) in [6, 6.07) is 11.1. The molecular weight excluding hydrogens is 415 g/mol. The van der Waals surface area contributed by atoms with Crippen molar-refractivity contribution in [2.24, 2.45) is 0 Å². The van der Waals surface area contributed by atoms with Crippen molar-refractivity contribution in [1.82, 2.24) is 19.7 Å². The second-order valence-corrected chi connectivity index (χ2v) is 7.40. The minimum absolute atomic E-state index is 0.149. The number of hydrogen-bond acceptors (Lipinski definition) is 5. The zero-order valence-electron chi connectivity index (χ0n) is 18.2. The SMILES string of the molecule is COCCCNC(=O)c1nn(-c2ccc(C)c(C)c2)c(=O)n(Cc2ccccc2F)c1=O. The second-order valence-electron chi connectivity index (χ2n) is 7.40. The Morgan fingerprint density at radius 1 is 1.12 bits per heavy atom. The van der Waals surface area contributed by atoms with E-state index in [2.05, 4.69) is 10.4 Å². The van der Waals surface area contributed by atoms with Gasteiger partial charge in [0.25, 0.3) is 11.5 Å². The first-order valence-corrected chi connectivity index (χ1v) is 10.2. The third kappa shape index (κ3) is 5.00. The summed E-state index contributed by atoms with van der Waals surface area (Å²) < 4.78 is 21.0. The van der Waals surface area contributed by atoms with Gasteiger partial charge in [-0.2, -0.15) is 9.78 Å². The molecule has 3 aromatic rings. The van der Waals surface area contributed by atoms with Gasteiger partial charge in [0.05, 0.1) is 12.2 Å². The number of benzene rings is 2. The molecule has 1 heterocycles. The number of nitrogens with zero attached hydrogens (tertiary/aromatic N) is 3. The monoisotopic (exact) mass is 440 g/mol. The molecular formula is C23H25FN4O4. The van der Waals surface area contributed by atoms with Crippen LogP contribution in [0.4, 0.5) is 4.39 Å². The topological polar surface area (TPSA) is 95.2 Å². The smallest absolute Gasteiger partial charge is 0.352 e. The summed E-state index contributed by atoms with van der Waals surface area (Å²) in [4.78, 5) is 38.9. The molecule has 32 heavy (non-hydrogen) atoms. The highest BCUT2D eigenvalue weighted by molar-refractivity contribution is 5.91. The average Bonchev–Trinajstić information content (AvgIpc) is 2.77. The Hall–Kier alpha value is -3.59. The quantitative estimate of drug-likeness (QED) is 0.541. The maximum Gasteiger partial charge on any atom is 0.352 e. The van der Waals surface area contributed by atoms with Gasteiger partial charge in [-0.15, -0.1) is 0 Å². The van der Waals surface area contributed by atoms with Gasteiger partial charge in [0.2, 0.25) is 5.69 Å². The predicted molar refractivity (Wildman–Crippen MR) is 118 cm³/mol. The second kappa shape index (κ2) is 10.1. The number of nitrogens with one attached hydrogen (secondary N) is 1. The lowest BCUT2D eigenvalue weighted by atomic mass is 10.1. The Morgan fingerprint density at radius 3 is 2.56 bits per heavy atom. The molecule has 1 amide bonds. The van der Waals surface area contributed by atoms with Crippen LogP contribution in [0.3, 0.4) is 0 Å². The van der Waals surface area contributed by atoms with E-state index in [1.165, 1.54) is 18.2 Å². The summed E-state index contributed by atoms with van der Waals surface area (Å²) in [7, 11) is 1.55. The molecule has 168 valence electrons. The molecule has 0 radical (unpaired) electrons. The van der Waals surface area contributed by atoms with Crippen LogP contribution in [0.15, 0.2) is 52.1 Å². The molecule has 0 bridgehead atoms. The predicted octanol–water partition coefficient (Wildman–Crippen LogP) is 1.96. The van der Waals surface area contributed by atoms with Crippen molar-refractivity contribution in [3.8, 4) is 5.69 Å². The number of ether oxygens (including phenoxy) is 1. The van der Waals surface area contributed by atoms with Gasteiger partial charge in [0, 0.05) is 25.8 Å². The molecule has 8 nitrogen and oxygen atoms in total. The van der Waals surface area contributed by atoms with Crippen molar-refractivity contribution in [3.63, 3.8) is 0 Å². The number of rotatable bonds is 8. The summed E-state index contributed by atoms with van der Waals surface area (Å²) in [6.45, 7) is 4.18. The van der Waals surface area contributed by atoms with Crippen molar-refractivity contribution in [2.45, 2.75) is 26.8 Å². The van der Waals surface area contributed by atoms with Crippen LogP contribution in [0.1, 0.15) is 33.6 Å². The highest BCUT2D eigenvalue weighted by Gasteiger charge is 2.21. The van der Waals surface area contributed by atoms with Gasteiger partial charge in [-0.05, 0) is 49.6 Å². The summed E-state index contributed by atoms with van der Waals surface area (Å²) >= 11 is 0. The molecule has 0 spiro atoms. The van der Waals surface area contributed by atoms with E-state index in [0.29, 0.717) is 18.7 Å². The maximum absolute atomic E-state index is 14.2. The lowest BCUT2D eigenvalue weighted by Crippen LogP contribution is -2.46. The van der Waals surface area contributed by atoms with Crippen molar-refractivity contribution in [2.75, 3.05) is 20.3 Å². The highest BCUT2D eigenvalue weighted by atomic mass is 19.1. The maximum atomic E-state index is 14.2. The Bertz CT molecular complexity index is 1250. The van der Waals surface area contributed by atoms with Crippen LogP contribution in [0.5, 0.6) is 0 Å². The molecule has 2 aromatic carbocycles. The Kier molecular flexibility index (Phi) is 7.32. The van der Waals surface area contributed by atoms with Gasteiger partial charge in [0.1, 0.15) is 5.82 Å². The number of hydrogen-bond donors (Lipinski definition) is 1. The molecule has 0 saturated carbocycles. The van der Waals surface area contributed by atoms with Crippen LogP contribution >= 0.6 is 0 Å². The molecule has 0 aliphatic carbocycles.